The molecular weight excluding hydrogens is 242 g/mol. The van der Waals surface area contributed by atoms with Crippen LogP contribution in [0, 0.1) is 0 Å². The van der Waals surface area contributed by atoms with Gasteiger partial charge >= 0.3 is 0 Å². The summed E-state index contributed by atoms with van der Waals surface area (Å²) in [5.41, 5.74) is 6.18. The van der Waals surface area contributed by atoms with Crippen LogP contribution < -0.4 is 15.2 Å². The van der Waals surface area contributed by atoms with Crippen LogP contribution in [0.2, 0.25) is 5.02 Å². The Morgan fingerprint density at radius 3 is 2.82 bits per heavy atom. The van der Waals surface area contributed by atoms with Gasteiger partial charge in [0.15, 0.2) is 11.5 Å². The molecule has 1 heterocycles. The van der Waals surface area contributed by atoms with Gasteiger partial charge in [0.25, 0.3) is 0 Å². The van der Waals surface area contributed by atoms with E-state index in [1.807, 2.05) is 0 Å². The van der Waals surface area contributed by atoms with E-state index in [1.165, 1.54) is 0 Å². The van der Waals surface area contributed by atoms with Crippen molar-refractivity contribution in [1.29, 1.82) is 0 Å². The Bertz CT molecular complexity index is 409. The summed E-state index contributed by atoms with van der Waals surface area (Å²) in [7, 11) is 0. The standard InChI is InChI=1S/C12H16ClNO3/c13-9-7-10-12(17-6-5-16-10)8(11(9)15)3-1-2-4-14/h7,15H,1-6,14H2. The Hall–Kier alpha value is -1.13. The molecule has 2 rings (SSSR count). The summed E-state index contributed by atoms with van der Waals surface area (Å²) in [6, 6.07) is 1.60. The molecule has 1 aliphatic heterocycles. The fourth-order valence-corrected chi connectivity index (χ4v) is 2.10. The Morgan fingerprint density at radius 1 is 1.29 bits per heavy atom. The molecule has 1 aromatic carbocycles. The van der Waals surface area contributed by atoms with Crippen molar-refractivity contribution in [2.45, 2.75) is 19.3 Å². The molecule has 0 aliphatic carbocycles. The van der Waals surface area contributed by atoms with Crippen LogP contribution in [0.4, 0.5) is 0 Å². The van der Waals surface area contributed by atoms with Crippen molar-refractivity contribution in [2.24, 2.45) is 5.73 Å². The van der Waals surface area contributed by atoms with Gasteiger partial charge in [-0.3, -0.25) is 0 Å². The van der Waals surface area contributed by atoms with Gasteiger partial charge in [0.05, 0.1) is 5.02 Å². The highest BCUT2D eigenvalue weighted by atomic mass is 35.5. The van der Waals surface area contributed by atoms with E-state index in [9.17, 15) is 5.11 Å². The molecule has 1 aliphatic rings. The van der Waals surface area contributed by atoms with Gasteiger partial charge in [0, 0.05) is 11.6 Å². The molecule has 17 heavy (non-hydrogen) atoms. The monoisotopic (exact) mass is 257 g/mol. The maximum absolute atomic E-state index is 9.95. The first-order valence-corrected chi connectivity index (χ1v) is 6.12. The fraction of sp³-hybridized carbons (Fsp3) is 0.500. The SMILES string of the molecule is NCCCCc1c(O)c(Cl)cc2c1OCCO2. The van der Waals surface area contributed by atoms with E-state index < -0.39 is 0 Å². The summed E-state index contributed by atoms with van der Waals surface area (Å²) in [4.78, 5) is 0. The lowest BCUT2D eigenvalue weighted by atomic mass is 10.0. The van der Waals surface area contributed by atoms with E-state index in [4.69, 9.17) is 26.8 Å². The number of halogens is 1. The van der Waals surface area contributed by atoms with Crippen molar-refractivity contribution < 1.29 is 14.6 Å². The van der Waals surface area contributed by atoms with E-state index in [0.717, 1.165) is 18.4 Å². The number of hydrogen-bond donors (Lipinski definition) is 2. The summed E-state index contributed by atoms with van der Waals surface area (Å²) in [6.45, 7) is 1.65. The first kappa shape index (κ1) is 12.3. The second-order valence-electron chi connectivity index (χ2n) is 3.96. The van der Waals surface area contributed by atoms with Gasteiger partial charge in [-0.05, 0) is 25.8 Å². The molecule has 0 saturated carbocycles. The average molecular weight is 258 g/mol. The zero-order valence-electron chi connectivity index (χ0n) is 9.54. The second-order valence-corrected chi connectivity index (χ2v) is 4.36. The third kappa shape index (κ3) is 2.58. The molecule has 0 saturated heterocycles. The minimum absolute atomic E-state index is 0.0907. The highest BCUT2D eigenvalue weighted by Gasteiger charge is 2.21. The summed E-state index contributed by atoms with van der Waals surface area (Å²) >= 11 is 5.95. The molecule has 0 unspecified atom stereocenters. The van der Waals surface area contributed by atoms with Gasteiger partial charge in [-0.15, -0.1) is 0 Å². The quantitative estimate of drug-likeness (QED) is 0.811. The maximum Gasteiger partial charge on any atom is 0.168 e. The number of nitrogens with two attached hydrogens (primary N) is 1. The molecule has 4 nitrogen and oxygen atoms in total. The first-order chi connectivity index (χ1) is 8.24. The lowest BCUT2D eigenvalue weighted by Gasteiger charge is -2.22. The van der Waals surface area contributed by atoms with E-state index in [1.54, 1.807) is 6.07 Å². The third-order valence-corrected chi connectivity index (χ3v) is 3.02. The molecule has 3 N–H and O–H groups in total. The molecule has 1 aromatic rings. The molecule has 0 spiro atoms. The molecule has 0 fully saturated rings. The Kier molecular flexibility index (Phi) is 3.97. The predicted octanol–water partition coefficient (Wildman–Crippen LogP) is 2.10. The minimum atomic E-state index is 0.0907. The van der Waals surface area contributed by atoms with E-state index in [-0.39, 0.29) is 5.75 Å². The van der Waals surface area contributed by atoms with Crippen molar-refractivity contribution in [3.63, 3.8) is 0 Å². The van der Waals surface area contributed by atoms with Crippen LogP contribution in [0.5, 0.6) is 17.2 Å². The number of ether oxygens (including phenoxy) is 2. The van der Waals surface area contributed by atoms with E-state index in [2.05, 4.69) is 0 Å². The van der Waals surface area contributed by atoms with Crippen LogP contribution in [0.3, 0.4) is 0 Å². The molecule has 0 amide bonds. The fourth-order valence-electron chi connectivity index (χ4n) is 1.89. The zero-order valence-corrected chi connectivity index (χ0v) is 10.3. The number of hydrogen-bond acceptors (Lipinski definition) is 4. The van der Waals surface area contributed by atoms with Crippen LogP contribution in [-0.2, 0) is 6.42 Å². The van der Waals surface area contributed by atoms with Crippen LogP contribution in [-0.4, -0.2) is 24.9 Å². The molecular formula is C12H16ClNO3. The lowest BCUT2D eigenvalue weighted by molar-refractivity contribution is 0.169. The molecule has 0 atom stereocenters. The number of unbranched alkanes of at least 4 members (excludes halogenated alkanes) is 1. The third-order valence-electron chi connectivity index (χ3n) is 2.74. The normalized spacial score (nSPS) is 13.8. The highest BCUT2D eigenvalue weighted by Crippen LogP contribution is 2.44. The molecule has 0 bridgehead atoms. The smallest absolute Gasteiger partial charge is 0.168 e. The molecule has 0 radical (unpaired) electrons. The molecule has 5 heteroatoms. The van der Waals surface area contributed by atoms with Crippen molar-refractivity contribution in [3.05, 3.63) is 16.7 Å². The van der Waals surface area contributed by atoms with Gasteiger partial charge in [-0.1, -0.05) is 11.6 Å². The lowest BCUT2D eigenvalue weighted by Crippen LogP contribution is -2.16. The summed E-state index contributed by atoms with van der Waals surface area (Å²) < 4.78 is 11.0. The summed E-state index contributed by atoms with van der Waals surface area (Å²) in [5, 5.41) is 10.3. The van der Waals surface area contributed by atoms with E-state index in [0.29, 0.717) is 42.7 Å². The van der Waals surface area contributed by atoms with Gasteiger partial charge in [-0.2, -0.15) is 0 Å². The molecule has 94 valence electrons. The number of phenols is 1. The van der Waals surface area contributed by atoms with Crippen molar-refractivity contribution >= 4 is 11.6 Å². The molecule has 0 aromatic heterocycles. The van der Waals surface area contributed by atoms with Gasteiger partial charge in [0.1, 0.15) is 19.0 Å². The average Bonchev–Trinajstić information content (AvgIpc) is 2.34. The number of aromatic hydroxyl groups is 1. The highest BCUT2D eigenvalue weighted by molar-refractivity contribution is 6.32. The van der Waals surface area contributed by atoms with Crippen LogP contribution in [0.1, 0.15) is 18.4 Å². The first-order valence-electron chi connectivity index (χ1n) is 5.74. The van der Waals surface area contributed by atoms with Crippen molar-refractivity contribution in [2.75, 3.05) is 19.8 Å². The predicted molar refractivity (Wildman–Crippen MR) is 66.1 cm³/mol. The van der Waals surface area contributed by atoms with Crippen molar-refractivity contribution in [3.8, 4) is 17.2 Å². The Labute approximate surface area is 105 Å². The van der Waals surface area contributed by atoms with Crippen LogP contribution >= 0.6 is 11.6 Å². The van der Waals surface area contributed by atoms with Crippen molar-refractivity contribution in [1.82, 2.24) is 0 Å². The maximum atomic E-state index is 9.95. The second kappa shape index (κ2) is 5.47. The van der Waals surface area contributed by atoms with Crippen LogP contribution in [0.15, 0.2) is 6.07 Å². The topological polar surface area (TPSA) is 64.7 Å². The zero-order chi connectivity index (χ0) is 12.3. The van der Waals surface area contributed by atoms with E-state index >= 15 is 0 Å². The largest absolute Gasteiger partial charge is 0.506 e. The number of rotatable bonds is 4. The van der Waals surface area contributed by atoms with Gasteiger partial charge in [0.2, 0.25) is 0 Å². The summed E-state index contributed by atoms with van der Waals surface area (Å²) in [5.74, 6) is 1.32. The number of benzene rings is 1. The minimum Gasteiger partial charge on any atom is -0.506 e. The Morgan fingerprint density at radius 2 is 2.06 bits per heavy atom. The van der Waals surface area contributed by atoms with Crippen LogP contribution in [0.25, 0.3) is 0 Å². The number of phenolic OH excluding ortho intramolecular Hbond substituents is 1. The number of fused-ring (bicyclic) bond motifs is 1. The Balaban J connectivity index is 2.30. The van der Waals surface area contributed by atoms with Gasteiger partial charge in [-0.25, -0.2) is 0 Å². The summed E-state index contributed by atoms with van der Waals surface area (Å²) in [6.07, 6.45) is 2.48. The van der Waals surface area contributed by atoms with Gasteiger partial charge < -0.3 is 20.3 Å².